The Bertz CT molecular complexity index is 216. The van der Waals surface area contributed by atoms with Gasteiger partial charge in [-0.1, -0.05) is 0 Å². The molecule has 2 atom stereocenters. The van der Waals surface area contributed by atoms with Gasteiger partial charge in [0.05, 0.1) is 12.6 Å². The van der Waals surface area contributed by atoms with Gasteiger partial charge in [0.15, 0.2) is 0 Å². The van der Waals surface area contributed by atoms with E-state index < -0.39 is 6.17 Å². The quantitative estimate of drug-likeness (QED) is 0.675. The molecule has 0 aliphatic carbocycles. The van der Waals surface area contributed by atoms with Gasteiger partial charge in [-0.25, -0.2) is 4.39 Å². The molecule has 14 heavy (non-hydrogen) atoms. The molecule has 0 saturated carbocycles. The van der Waals surface area contributed by atoms with Crippen molar-refractivity contribution in [2.24, 2.45) is 0 Å². The molecule has 2 aliphatic heterocycles. The number of rotatable bonds is 1. The van der Waals surface area contributed by atoms with Gasteiger partial charge < -0.3 is 10.2 Å². The van der Waals surface area contributed by atoms with Crippen molar-refractivity contribution in [3.63, 3.8) is 0 Å². The molecule has 80 valence electrons. The monoisotopic (exact) mass is 200 g/mol. The third-order valence-electron chi connectivity index (χ3n) is 3.03. The lowest BCUT2D eigenvalue weighted by molar-refractivity contribution is -0.135. The lowest BCUT2D eigenvalue weighted by atomic mass is 10.1. The molecule has 0 aromatic rings. The Kier molecular flexibility index (Phi) is 3.01. The molecule has 2 fully saturated rings. The van der Waals surface area contributed by atoms with Crippen molar-refractivity contribution in [2.45, 2.75) is 37.9 Å². The Balaban J connectivity index is 1.89. The van der Waals surface area contributed by atoms with Crippen LogP contribution in [0.25, 0.3) is 0 Å². The number of nitrogens with one attached hydrogen (secondary N) is 1. The zero-order valence-corrected chi connectivity index (χ0v) is 8.34. The molecule has 3 nitrogen and oxygen atoms in total. The van der Waals surface area contributed by atoms with Crippen LogP contribution >= 0.6 is 0 Å². The van der Waals surface area contributed by atoms with Crippen molar-refractivity contribution in [2.75, 3.05) is 19.6 Å². The summed E-state index contributed by atoms with van der Waals surface area (Å²) in [5, 5.41) is 3.15. The number of halogens is 1. The maximum atomic E-state index is 13.1. The van der Waals surface area contributed by atoms with Gasteiger partial charge in [-0.15, -0.1) is 0 Å². The molecule has 0 spiro atoms. The lowest BCUT2D eigenvalue weighted by Crippen LogP contribution is -2.48. The highest BCUT2D eigenvalue weighted by Crippen LogP contribution is 2.16. The molecule has 0 radical (unpaired) electrons. The van der Waals surface area contributed by atoms with E-state index in [1.165, 1.54) is 0 Å². The summed E-state index contributed by atoms with van der Waals surface area (Å²) in [5.41, 5.74) is 0. The molecule has 0 bridgehead atoms. The summed E-state index contributed by atoms with van der Waals surface area (Å²) >= 11 is 0. The molecule has 2 saturated heterocycles. The largest absolute Gasteiger partial charge is 0.338 e. The van der Waals surface area contributed by atoms with E-state index in [-0.39, 0.29) is 11.9 Å². The first-order valence-corrected chi connectivity index (χ1v) is 5.43. The van der Waals surface area contributed by atoms with Gasteiger partial charge in [0, 0.05) is 6.54 Å². The third kappa shape index (κ3) is 2.05. The fourth-order valence-corrected chi connectivity index (χ4v) is 2.24. The van der Waals surface area contributed by atoms with Crippen LogP contribution in [-0.2, 0) is 4.79 Å². The molecular weight excluding hydrogens is 183 g/mol. The maximum Gasteiger partial charge on any atom is 0.239 e. The number of carbonyl (C=O) groups excluding carboxylic acids is 1. The van der Waals surface area contributed by atoms with E-state index in [4.69, 9.17) is 0 Å². The lowest BCUT2D eigenvalue weighted by Gasteiger charge is -2.31. The standard InChI is InChI=1S/C10H17FN2O/c11-8-3-2-6-13(7-8)10(14)9-4-1-5-12-9/h8-9,12H,1-7H2/t8-,9-/m0/s1. The fraction of sp³-hybridized carbons (Fsp3) is 0.900. The Morgan fingerprint density at radius 3 is 2.86 bits per heavy atom. The Labute approximate surface area is 83.6 Å². The summed E-state index contributed by atoms with van der Waals surface area (Å²) in [4.78, 5) is 13.5. The van der Waals surface area contributed by atoms with E-state index in [0.29, 0.717) is 13.0 Å². The van der Waals surface area contributed by atoms with Crippen molar-refractivity contribution in [1.82, 2.24) is 10.2 Å². The summed E-state index contributed by atoms with van der Waals surface area (Å²) in [5.74, 6) is 0.102. The highest BCUT2D eigenvalue weighted by Gasteiger charge is 2.30. The third-order valence-corrected chi connectivity index (χ3v) is 3.03. The second-order valence-electron chi connectivity index (χ2n) is 4.17. The van der Waals surface area contributed by atoms with Gasteiger partial charge in [-0.2, -0.15) is 0 Å². The Morgan fingerprint density at radius 1 is 1.36 bits per heavy atom. The van der Waals surface area contributed by atoms with Gasteiger partial charge in [0.1, 0.15) is 6.17 Å². The minimum Gasteiger partial charge on any atom is -0.338 e. The van der Waals surface area contributed by atoms with Crippen LogP contribution in [0.15, 0.2) is 0 Å². The number of likely N-dealkylation sites (tertiary alicyclic amines) is 1. The number of hydrogen-bond donors (Lipinski definition) is 1. The first kappa shape index (κ1) is 9.90. The van der Waals surface area contributed by atoms with E-state index in [0.717, 1.165) is 32.4 Å². The molecule has 0 aromatic heterocycles. The van der Waals surface area contributed by atoms with Crippen molar-refractivity contribution < 1.29 is 9.18 Å². The van der Waals surface area contributed by atoms with Gasteiger partial charge in [0.25, 0.3) is 0 Å². The zero-order chi connectivity index (χ0) is 9.97. The number of piperidine rings is 1. The summed E-state index contributed by atoms with van der Waals surface area (Å²) in [6.07, 6.45) is 2.57. The Hall–Kier alpha value is -0.640. The van der Waals surface area contributed by atoms with Gasteiger partial charge in [-0.3, -0.25) is 4.79 Å². The van der Waals surface area contributed by atoms with Crippen LogP contribution < -0.4 is 5.32 Å². The summed E-state index contributed by atoms with van der Waals surface area (Å²) in [6.45, 7) is 1.96. The topological polar surface area (TPSA) is 32.3 Å². The van der Waals surface area contributed by atoms with Crippen LogP contribution in [0.5, 0.6) is 0 Å². The van der Waals surface area contributed by atoms with E-state index in [1.807, 2.05) is 0 Å². The van der Waals surface area contributed by atoms with Crippen LogP contribution in [0.3, 0.4) is 0 Å². The number of hydrogen-bond acceptors (Lipinski definition) is 2. The van der Waals surface area contributed by atoms with E-state index in [9.17, 15) is 9.18 Å². The highest BCUT2D eigenvalue weighted by molar-refractivity contribution is 5.82. The first-order chi connectivity index (χ1) is 6.77. The van der Waals surface area contributed by atoms with Gasteiger partial charge in [-0.05, 0) is 32.2 Å². The van der Waals surface area contributed by atoms with E-state index in [2.05, 4.69) is 5.32 Å². The fourth-order valence-electron chi connectivity index (χ4n) is 2.24. The summed E-state index contributed by atoms with van der Waals surface area (Å²) in [7, 11) is 0. The average Bonchev–Trinajstić information content (AvgIpc) is 2.69. The van der Waals surface area contributed by atoms with Crippen LogP contribution in [0.1, 0.15) is 25.7 Å². The van der Waals surface area contributed by atoms with Crippen LogP contribution in [-0.4, -0.2) is 42.7 Å². The molecule has 0 aromatic carbocycles. The molecule has 1 N–H and O–H groups in total. The van der Waals surface area contributed by atoms with E-state index in [1.54, 1.807) is 4.90 Å². The smallest absolute Gasteiger partial charge is 0.239 e. The number of amides is 1. The highest BCUT2D eigenvalue weighted by atomic mass is 19.1. The van der Waals surface area contributed by atoms with Crippen LogP contribution in [0, 0.1) is 0 Å². The average molecular weight is 200 g/mol. The van der Waals surface area contributed by atoms with Crippen molar-refractivity contribution >= 4 is 5.91 Å². The summed E-state index contributed by atoms with van der Waals surface area (Å²) < 4.78 is 13.1. The van der Waals surface area contributed by atoms with E-state index >= 15 is 0 Å². The minimum atomic E-state index is -0.811. The van der Waals surface area contributed by atoms with Crippen molar-refractivity contribution in [3.8, 4) is 0 Å². The normalized spacial score (nSPS) is 33.4. The maximum absolute atomic E-state index is 13.1. The predicted molar refractivity (Wildman–Crippen MR) is 51.7 cm³/mol. The molecule has 1 amide bonds. The first-order valence-electron chi connectivity index (χ1n) is 5.43. The van der Waals surface area contributed by atoms with Crippen LogP contribution in [0.2, 0.25) is 0 Å². The molecular formula is C10H17FN2O. The minimum absolute atomic E-state index is 0.0414. The zero-order valence-electron chi connectivity index (χ0n) is 8.34. The second-order valence-corrected chi connectivity index (χ2v) is 4.17. The molecule has 4 heteroatoms. The van der Waals surface area contributed by atoms with Gasteiger partial charge in [0.2, 0.25) is 5.91 Å². The van der Waals surface area contributed by atoms with Gasteiger partial charge >= 0.3 is 0 Å². The molecule has 2 heterocycles. The summed E-state index contributed by atoms with van der Waals surface area (Å²) in [6, 6.07) is -0.0414. The number of nitrogens with zero attached hydrogens (tertiary/aromatic N) is 1. The second kappa shape index (κ2) is 4.26. The molecule has 2 aliphatic rings. The van der Waals surface area contributed by atoms with Crippen molar-refractivity contribution in [1.29, 1.82) is 0 Å². The number of alkyl halides is 1. The molecule has 0 unspecified atom stereocenters. The van der Waals surface area contributed by atoms with Crippen molar-refractivity contribution in [3.05, 3.63) is 0 Å². The molecule has 2 rings (SSSR count). The van der Waals surface area contributed by atoms with Crippen LogP contribution in [0.4, 0.5) is 4.39 Å². The number of carbonyl (C=O) groups is 1. The Morgan fingerprint density at radius 2 is 2.21 bits per heavy atom. The predicted octanol–water partition coefficient (Wildman–Crippen LogP) is 0.699. The SMILES string of the molecule is O=C([C@@H]1CCCN1)N1CCC[C@H](F)C1.